The summed E-state index contributed by atoms with van der Waals surface area (Å²) in [6, 6.07) is 5.66. The Hall–Kier alpha value is -2.35. The Morgan fingerprint density at radius 2 is 2.40 bits per heavy atom. The number of hydrogen-bond acceptors (Lipinski definition) is 5. The number of benzene rings is 1. The second-order valence-corrected chi connectivity index (χ2v) is 6.48. The van der Waals surface area contributed by atoms with Crippen molar-refractivity contribution in [3.8, 4) is 0 Å². The molecule has 1 saturated heterocycles. The van der Waals surface area contributed by atoms with Crippen molar-refractivity contribution in [2.45, 2.75) is 32.2 Å². The first-order chi connectivity index (χ1) is 12.1. The first-order valence-electron chi connectivity index (χ1n) is 8.61. The highest BCUT2D eigenvalue weighted by atomic mass is 19.1. The summed E-state index contributed by atoms with van der Waals surface area (Å²) in [4.78, 5) is 12.8. The van der Waals surface area contributed by atoms with E-state index in [1.54, 1.807) is 19.1 Å². The van der Waals surface area contributed by atoms with Gasteiger partial charge >= 0.3 is 0 Å². The summed E-state index contributed by atoms with van der Waals surface area (Å²) in [6.45, 7) is 4.32. The van der Waals surface area contributed by atoms with Crippen LogP contribution in [0.3, 0.4) is 0 Å². The second-order valence-electron chi connectivity index (χ2n) is 6.48. The number of aryl methyl sites for hydroxylation is 1. The van der Waals surface area contributed by atoms with Gasteiger partial charge in [-0.2, -0.15) is 0 Å². The standard InChI is InChI=1S/C17H23FN6O/c1-12-21-22-23-24(12)16(9-13-4-2-6-15(18)8-13)17(25)20-11-14-5-3-7-19-10-14/h2,4,6,8,14,16,19H,3,5,7,9-11H2,1H3,(H,20,25). The number of rotatable bonds is 6. The molecule has 134 valence electrons. The van der Waals surface area contributed by atoms with Crippen LogP contribution in [0.1, 0.15) is 30.3 Å². The van der Waals surface area contributed by atoms with Gasteiger partial charge in [-0.05, 0) is 66.9 Å². The van der Waals surface area contributed by atoms with E-state index in [9.17, 15) is 9.18 Å². The van der Waals surface area contributed by atoms with Crippen LogP contribution in [-0.2, 0) is 11.2 Å². The molecule has 0 aliphatic carbocycles. The zero-order chi connectivity index (χ0) is 17.6. The Labute approximate surface area is 146 Å². The third-order valence-electron chi connectivity index (χ3n) is 4.54. The minimum Gasteiger partial charge on any atom is -0.354 e. The van der Waals surface area contributed by atoms with E-state index >= 15 is 0 Å². The predicted molar refractivity (Wildman–Crippen MR) is 90.3 cm³/mol. The van der Waals surface area contributed by atoms with Crippen LogP contribution in [0, 0.1) is 18.7 Å². The quantitative estimate of drug-likeness (QED) is 0.816. The van der Waals surface area contributed by atoms with Crippen molar-refractivity contribution in [2.24, 2.45) is 5.92 Å². The van der Waals surface area contributed by atoms with E-state index in [4.69, 9.17) is 0 Å². The van der Waals surface area contributed by atoms with Crippen molar-refractivity contribution < 1.29 is 9.18 Å². The van der Waals surface area contributed by atoms with Gasteiger partial charge in [0.2, 0.25) is 5.91 Å². The molecule has 1 fully saturated rings. The molecule has 7 nitrogen and oxygen atoms in total. The fraction of sp³-hybridized carbons (Fsp3) is 0.529. The summed E-state index contributed by atoms with van der Waals surface area (Å²) in [5, 5.41) is 17.8. The highest BCUT2D eigenvalue weighted by Gasteiger charge is 2.25. The smallest absolute Gasteiger partial charge is 0.245 e. The van der Waals surface area contributed by atoms with Gasteiger partial charge in [0.1, 0.15) is 17.7 Å². The molecule has 1 aliphatic heterocycles. The average molecular weight is 346 g/mol. The van der Waals surface area contributed by atoms with Crippen LogP contribution in [0.4, 0.5) is 4.39 Å². The Balaban J connectivity index is 1.71. The van der Waals surface area contributed by atoms with Gasteiger partial charge in [-0.1, -0.05) is 12.1 Å². The number of hydrogen-bond donors (Lipinski definition) is 2. The van der Waals surface area contributed by atoms with E-state index in [-0.39, 0.29) is 11.7 Å². The van der Waals surface area contributed by atoms with Crippen molar-refractivity contribution in [3.05, 3.63) is 41.5 Å². The molecule has 2 N–H and O–H groups in total. The van der Waals surface area contributed by atoms with E-state index in [0.717, 1.165) is 31.5 Å². The molecule has 1 aromatic heterocycles. The number of tetrazole rings is 1. The van der Waals surface area contributed by atoms with Gasteiger partial charge in [0.25, 0.3) is 0 Å². The van der Waals surface area contributed by atoms with Crippen LogP contribution < -0.4 is 10.6 Å². The molecule has 1 amide bonds. The molecule has 0 saturated carbocycles. The first-order valence-corrected chi connectivity index (χ1v) is 8.61. The van der Waals surface area contributed by atoms with Crippen molar-refractivity contribution >= 4 is 5.91 Å². The van der Waals surface area contributed by atoms with Crippen LogP contribution in [-0.4, -0.2) is 45.7 Å². The SMILES string of the molecule is Cc1nnnn1C(Cc1cccc(F)c1)C(=O)NCC1CCCNC1. The molecule has 8 heteroatoms. The van der Waals surface area contributed by atoms with E-state index in [0.29, 0.717) is 24.7 Å². The topological polar surface area (TPSA) is 84.7 Å². The van der Waals surface area contributed by atoms with Gasteiger partial charge < -0.3 is 10.6 Å². The van der Waals surface area contributed by atoms with Gasteiger partial charge in [0.15, 0.2) is 0 Å². The van der Waals surface area contributed by atoms with E-state index in [2.05, 4.69) is 26.2 Å². The molecular formula is C17H23FN6O. The van der Waals surface area contributed by atoms with E-state index < -0.39 is 6.04 Å². The summed E-state index contributed by atoms with van der Waals surface area (Å²) in [5.74, 6) is 0.516. The number of carbonyl (C=O) groups excluding carboxylic acids is 1. The van der Waals surface area contributed by atoms with Crippen LogP contribution in [0.2, 0.25) is 0 Å². The maximum absolute atomic E-state index is 13.5. The Morgan fingerprint density at radius 1 is 1.52 bits per heavy atom. The van der Waals surface area contributed by atoms with Crippen LogP contribution in [0.25, 0.3) is 0 Å². The molecule has 25 heavy (non-hydrogen) atoms. The van der Waals surface area contributed by atoms with Gasteiger partial charge in [0.05, 0.1) is 0 Å². The van der Waals surface area contributed by atoms with Crippen molar-refractivity contribution in [3.63, 3.8) is 0 Å². The third kappa shape index (κ3) is 4.60. The molecule has 0 spiro atoms. The minimum atomic E-state index is -0.603. The lowest BCUT2D eigenvalue weighted by Gasteiger charge is -2.24. The zero-order valence-corrected chi connectivity index (χ0v) is 14.3. The molecule has 1 aliphatic rings. The molecule has 3 rings (SSSR count). The predicted octanol–water partition coefficient (Wildman–Crippen LogP) is 1.02. The lowest BCUT2D eigenvalue weighted by atomic mass is 9.99. The van der Waals surface area contributed by atoms with Gasteiger partial charge in [-0.3, -0.25) is 4.79 Å². The number of halogens is 1. The largest absolute Gasteiger partial charge is 0.354 e. The molecule has 2 aromatic rings. The molecule has 2 atom stereocenters. The molecular weight excluding hydrogens is 323 g/mol. The Morgan fingerprint density at radius 3 is 3.08 bits per heavy atom. The number of nitrogens with zero attached hydrogens (tertiary/aromatic N) is 4. The second kappa shape index (κ2) is 8.15. The van der Waals surface area contributed by atoms with Gasteiger partial charge in [-0.15, -0.1) is 5.10 Å². The number of aromatic nitrogens is 4. The fourth-order valence-electron chi connectivity index (χ4n) is 3.16. The number of piperidine rings is 1. The summed E-state index contributed by atoms with van der Waals surface area (Å²) in [6.07, 6.45) is 2.56. The van der Waals surface area contributed by atoms with Crippen LogP contribution in [0.15, 0.2) is 24.3 Å². The summed E-state index contributed by atoms with van der Waals surface area (Å²) in [5.41, 5.74) is 0.731. The number of carbonyl (C=O) groups is 1. The van der Waals surface area contributed by atoms with E-state index in [1.807, 2.05) is 0 Å². The number of nitrogens with one attached hydrogen (secondary N) is 2. The third-order valence-corrected chi connectivity index (χ3v) is 4.54. The summed E-state index contributed by atoms with van der Waals surface area (Å²) >= 11 is 0. The lowest BCUT2D eigenvalue weighted by molar-refractivity contribution is -0.124. The molecule has 0 bridgehead atoms. The molecule has 0 radical (unpaired) electrons. The molecule has 2 unspecified atom stereocenters. The minimum absolute atomic E-state index is 0.148. The van der Waals surface area contributed by atoms with Crippen LogP contribution in [0.5, 0.6) is 0 Å². The maximum Gasteiger partial charge on any atom is 0.245 e. The van der Waals surface area contributed by atoms with E-state index in [1.165, 1.54) is 16.8 Å². The molecule has 2 heterocycles. The maximum atomic E-state index is 13.5. The zero-order valence-electron chi connectivity index (χ0n) is 14.3. The monoisotopic (exact) mass is 346 g/mol. The van der Waals surface area contributed by atoms with Crippen molar-refractivity contribution in [2.75, 3.05) is 19.6 Å². The fourth-order valence-corrected chi connectivity index (χ4v) is 3.16. The highest BCUT2D eigenvalue weighted by Crippen LogP contribution is 2.17. The van der Waals surface area contributed by atoms with Crippen LogP contribution >= 0.6 is 0 Å². The Bertz CT molecular complexity index is 713. The highest BCUT2D eigenvalue weighted by molar-refractivity contribution is 5.80. The van der Waals surface area contributed by atoms with Gasteiger partial charge in [0, 0.05) is 13.0 Å². The molecule has 1 aromatic carbocycles. The van der Waals surface area contributed by atoms with Gasteiger partial charge in [-0.25, -0.2) is 9.07 Å². The first kappa shape index (κ1) is 17.5. The summed E-state index contributed by atoms with van der Waals surface area (Å²) in [7, 11) is 0. The lowest BCUT2D eigenvalue weighted by Crippen LogP contribution is -2.41. The van der Waals surface area contributed by atoms with Crippen molar-refractivity contribution in [1.29, 1.82) is 0 Å². The van der Waals surface area contributed by atoms with Crippen molar-refractivity contribution in [1.82, 2.24) is 30.8 Å². The number of amides is 1. The summed E-state index contributed by atoms with van der Waals surface area (Å²) < 4.78 is 15.0. The Kier molecular flexibility index (Phi) is 5.70. The average Bonchev–Trinajstić information content (AvgIpc) is 3.04. The normalized spacial score (nSPS) is 18.7.